The van der Waals surface area contributed by atoms with E-state index >= 15 is 0 Å². The summed E-state index contributed by atoms with van der Waals surface area (Å²) in [6.45, 7) is 1.58. The van der Waals surface area contributed by atoms with Gasteiger partial charge in [0, 0.05) is 9.26 Å². The fourth-order valence-electron chi connectivity index (χ4n) is 1.95. The Bertz CT molecular complexity index is 820. The maximum Gasteiger partial charge on any atom is 0.228 e. The minimum atomic E-state index is -3.24. The highest BCUT2D eigenvalue weighted by Crippen LogP contribution is 2.17. The number of rotatable bonds is 5. The number of sulfone groups is 1. The van der Waals surface area contributed by atoms with Crippen LogP contribution in [0, 0.1) is 9.39 Å². The molecule has 2 aromatic carbocycles. The first-order chi connectivity index (χ1) is 10.8. The molecule has 2 aromatic rings. The van der Waals surface area contributed by atoms with E-state index in [0.29, 0.717) is 14.8 Å². The van der Waals surface area contributed by atoms with Crippen LogP contribution in [0.2, 0.25) is 0 Å². The van der Waals surface area contributed by atoms with Gasteiger partial charge < -0.3 is 5.32 Å². The fourth-order valence-corrected chi connectivity index (χ4v) is 3.17. The van der Waals surface area contributed by atoms with E-state index in [-0.39, 0.29) is 23.0 Å². The zero-order valence-electron chi connectivity index (χ0n) is 12.3. The second kappa shape index (κ2) is 7.39. The van der Waals surface area contributed by atoms with Crippen LogP contribution in [0.1, 0.15) is 12.5 Å². The molecule has 0 aliphatic rings. The molecule has 0 saturated heterocycles. The van der Waals surface area contributed by atoms with Crippen molar-refractivity contribution < 1.29 is 17.6 Å². The summed E-state index contributed by atoms with van der Waals surface area (Å²) in [5.41, 5.74) is 1.07. The number of amides is 1. The van der Waals surface area contributed by atoms with Crippen molar-refractivity contribution in [3.63, 3.8) is 0 Å². The molecule has 122 valence electrons. The molecule has 0 fully saturated rings. The number of halogens is 2. The summed E-state index contributed by atoms with van der Waals surface area (Å²) in [6, 6.07) is 10.7. The average Bonchev–Trinajstić information content (AvgIpc) is 2.51. The highest BCUT2D eigenvalue weighted by molar-refractivity contribution is 14.1. The Kier molecular flexibility index (Phi) is 5.74. The third kappa shape index (κ3) is 4.74. The van der Waals surface area contributed by atoms with E-state index in [2.05, 4.69) is 5.32 Å². The molecule has 0 unspecified atom stereocenters. The summed E-state index contributed by atoms with van der Waals surface area (Å²) >= 11 is 1.87. The van der Waals surface area contributed by atoms with Gasteiger partial charge in [-0.3, -0.25) is 4.79 Å². The molecule has 0 aliphatic carbocycles. The summed E-state index contributed by atoms with van der Waals surface area (Å²) in [5, 5.41) is 2.61. The van der Waals surface area contributed by atoms with Gasteiger partial charge in [0.05, 0.1) is 17.1 Å². The van der Waals surface area contributed by atoms with Crippen molar-refractivity contribution in [1.82, 2.24) is 0 Å². The highest BCUT2D eigenvalue weighted by atomic mass is 127. The Morgan fingerprint density at radius 3 is 2.39 bits per heavy atom. The molecule has 0 heterocycles. The van der Waals surface area contributed by atoms with Crippen molar-refractivity contribution in [1.29, 1.82) is 0 Å². The molecule has 2 rings (SSSR count). The Morgan fingerprint density at radius 2 is 1.83 bits per heavy atom. The first-order valence-electron chi connectivity index (χ1n) is 6.88. The van der Waals surface area contributed by atoms with Crippen LogP contribution in [0.15, 0.2) is 47.4 Å². The molecule has 0 atom stereocenters. The van der Waals surface area contributed by atoms with Crippen molar-refractivity contribution >= 4 is 44.0 Å². The molecule has 0 spiro atoms. The largest absolute Gasteiger partial charge is 0.326 e. The van der Waals surface area contributed by atoms with Gasteiger partial charge in [0.15, 0.2) is 9.84 Å². The molecule has 0 bridgehead atoms. The summed E-state index contributed by atoms with van der Waals surface area (Å²) in [4.78, 5) is 12.2. The molecule has 0 aliphatic heterocycles. The van der Waals surface area contributed by atoms with Crippen molar-refractivity contribution in [3.8, 4) is 0 Å². The Hall–Kier alpha value is -1.48. The first-order valence-corrected chi connectivity index (χ1v) is 9.61. The van der Waals surface area contributed by atoms with Gasteiger partial charge >= 0.3 is 0 Å². The molecular formula is C16H15FINO3S. The lowest BCUT2D eigenvalue weighted by atomic mass is 10.1. The molecule has 1 N–H and O–H groups in total. The maximum atomic E-state index is 13.4. The average molecular weight is 447 g/mol. The van der Waals surface area contributed by atoms with Gasteiger partial charge in [-0.25, -0.2) is 12.8 Å². The fraction of sp³-hybridized carbons (Fsp3) is 0.188. The zero-order valence-corrected chi connectivity index (χ0v) is 15.3. The predicted molar refractivity (Wildman–Crippen MR) is 95.6 cm³/mol. The van der Waals surface area contributed by atoms with Crippen LogP contribution >= 0.6 is 22.6 Å². The van der Waals surface area contributed by atoms with Crippen molar-refractivity contribution in [2.75, 3.05) is 11.1 Å². The van der Waals surface area contributed by atoms with E-state index in [0.717, 1.165) is 0 Å². The summed E-state index contributed by atoms with van der Waals surface area (Å²) in [6.07, 6.45) is 0.0834. The van der Waals surface area contributed by atoms with E-state index in [9.17, 15) is 17.6 Å². The van der Waals surface area contributed by atoms with Gasteiger partial charge in [0.1, 0.15) is 5.82 Å². The predicted octanol–water partition coefficient (Wildman–Crippen LogP) is 3.41. The summed E-state index contributed by atoms with van der Waals surface area (Å²) in [7, 11) is -3.24. The molecule has 7 heteroatoms. The summed E-state index contributed by atoms with van der Waals surface area (Å²) < 4.78 is 37.3. The van der Waals surface area contributed by atoms with Crippen molar-refractivity contribution in [2.45, 2.75) is 18.2 Å². The number of carbonyl (C=O) groups excluding carboxylic acids is 1. The zero-order chi connectivity index (χ0) is 17.0. The Balaban J connectivity index is 2.04. The minimum absolute atomic E-state index is 0.0329. The lowest BCUT2D eigenvalue weighted by Gasteiger charge is -2.07. The molecule has 0 aromatic heterocycles. The first kappa shape index (κ1) is 17.9. The third-order valence-electron chi connectivity index (χ3n) is 3.23. The number of carbonyl (C=O) groups is 1. The van der Waals surface area contributed by atoms with Gasteiger partial charge in [0.25, 0.3) is 0 Å². The second-order valence-corrected chi connectivity index (χ2v) is 8.34. The van der Waals surface area contributed by atoms with Crippen molar-refractivity contribution in [3.05, 3.63) is 57.4 Å². The smallest absolute Gasteiger partial charge is 0.228 e. The van der Waals surface area contributed by atoms with Gasteiger partial charge in [-0.15, -0.1) is 0 Å². The van der Waals surface area contributed by atoms with Gasteiger partial charge in [-0.2, -0.15) is 0 Å². The van der Waals surface area contributed by atoms with E-state index in [4.69, 9.17) is 0 Å². The molecule has 4 nitrogen and oxygen atoms in total. The van der Waals surface area contributed by atoms with Crippen LogP contribution < -0.4 is 5.32 Å². The monoisotopic (exact) mass is 447 g/mol. The van der Waals surface area contributed by atoms with Crippen LogP contribution in [-0.2, 0) is 21.1 Å². The third-order valence-corrected chi connectivity index (χ3v) is 5.86. The number of hydrogen-bond donors (Lipinski definition) is 1. The van der Waals surface area contributed by atoms with E-state index in [1.807, 2.05) is 22.6 Å². The van der Waals surface area contributed by atoms with Crippen LogP contribution in [-0.4, -0.2) is 20.1 Å². The van der Waals surface area contributed by atoms with Gasteiger partial charge in [0.2, 0.25) is 5.91 Å². The SMILES string of the molecule is CCS(=O)(=O)c1ccc(CC(=O)Nc2ccc(I)c(F)c2)cc1. The number of hydrogen-bond acceptors (Lipinski definition) is 3. The van der Waals surface area contributed by atoms with Crippen molar-refractivity contribution in [2.24, 2.45) is 0 Å². The molecule has 0 radical (unpaired) electrons. The highest BCUT2D eigenvalue weighted by Gasteiger charge is 2.12. The Morgan fingerprint density at radius 1 is 1.17 bits per heavy atom. The Labute approximate surface area is 148 Å². The molecule has 23 heavy (non-hydrogen) atoms. The molecule has 0 saturated carbocycles. The second-order valence-electron chi connectivity index (χ2n) is 4.90. The quantitative estimate of drug-likeness (QED) is 0.715. The van der Waals surface area contributed by atoms with E-state index in [1.54, 1.807) is 31.2 Å². The standard InChI is InChI=1S/C16H15FINO3S/c1-2-23(21,22)13-6-3-11(4-7-13)9-16(20)19-12-5-8-15(18)14(17)10-12/h3-8,10H,2,9H2,1H3,(H,19,20). The van der Waals surface area contributed by atoms with Crippen LogP contribution in [0.4, 0.5) is 10.1 Å². The normalized spacial score (nSPS) is 11.3. The van der Waals surface area contributed by atoms with Gasteiger partial charge in [-0.1, -0.05) is 19.1 Å². The van der Waals surface area contributed by atoms with E-state index < -0.39 is 15.7 Å². The molecular weight excluding hydrogens is 432 g/mol. The van der Waals surface area contributed by atoms with Crippen LogP contribution in [0.25, 0.3) is 0 Å². The summed E-state index contributed by atoms with van der Waals surface area (Å²) in [5.74, 6) is -0.653. The number of nitrogens with one attached hydrogen (secondary N) is 1. The molecule has 1 amide bonds. The number of anilines is 1. The van der Waals surface area contributed by atoms with Crippen LogP contribution in [0.5, 0.6) is 0 Å². The number of benzene rings is 2. The lowest BCUT2D eigenvalue weighted by molar-refractivity contribution is -0.115. The minimum Gasteiger partial charge on any atom is -0.326 e. The van der Waals surface area contributed by atoms with Crippen LogP contribution in [0.3, 0.4) is 0 Å². The maximum absolute atomic E-state index is 13.4. The lowest BCUT2D eigenvalue weighted by Crippen LogP contribution is -2.14. The topological polar surface area (TPSA) is 63.2 Å². The van der Waals surface area contributed by atoms with Gasteiger partial charge in [-0.05, 0) is 58.5 Å². The van der Waals surface area contributed by atoms with E-state index in [1.165, 1.54) is 18.2 Å².